The first-order valence-corrected chi connectivity index (χ1v) is 11.7. The number of sulfonamides is 2. The van der Waals surface area contributed by atoms with Gasteiger partial charge in [-0.3, -0.25) is 9.44 Å². The van der Waals surface area contributed by atoms with Crippen molar-refractivity contribution in [2.75, 3.05) is 16.6 Å². The average molecular weight is 471 g/mol. The van der Waals surface area contributed by atoms with Gasteiger partial charge in [0.1, 0.15) is 16.5 Å². The molecule has 2 N–H and O–H groups in total. The number of rotatable bonds is 7. The molecule has 0 radical (unpaired) electrons. The lowest BCUT2D eigenvalue weighted by Crippen LogP contribution is -2.16. The van der Waals surface area contributed by atoms with Crippen molar-refractivity contribution in [2.45, 2.75) is 9.79 Å². The first-order valence-electron chi connectivity index (χ1n) is 8.36. The molecule has 0 spiro atoms. The monoisotopic (exact) mass is 470 g/mol. The van der Waals surface area contributed by atoms with Gasteiger partial charge >= 0.3 is 0 Å². The molecule has 0 fully saturated rings. The van der Waals surface area contributed by atoms with E-state index in [1.54, 1.807) is 18.2 Å². The van der Waals surface area contributed by atoms with Crippen LogP contribution >= 0.6 is 11.6 Å². The van der Waals surface area contributed by atoms with Crippen LogP contribution in [0.4, 0.5) is 15.8 Å². The van der Waals surface area contributed by atoms with Gasteiger partial charge in [-0.1, -0.05) is 23.7 Å². The molecule has 3 rings (SSSR count). The fraction of sp³-hybridized carbons (Fsp3) is 0.0526. The first-order chi connectivity index (χ1) is 14.1. The van der Waals surface area contributed by atoms with Crippen molar-refractivity contribution in [1.82, 2.24) is 0 Å². The largest absolute Gasteiger partial charge is 0.495 e. The number of hydrogen-bond acceptors (Lipinski definition) is 5. The third-order valence-corrected chi connectivity index (χ3v) is 7.19. The summed E-state index contributed by atoms with van der Waals surface area (Å²) >= 11 is 6.06. The Bertz CT molecular complexity index is 1280. The lowest BCUT2D eigenvalue weighted by Gasteiger charge is -2.14. The summed E-state index contributed by atoms with van der Waals surface area (Å²) in [4.78, 5) is -0.523. The first kappa shape index (κ1) is 21.9. The van der Waals surface area contributed by atoms with Gasteiger partial charge in [0.05, 0.1) is 28.4 Å². The van der Waals surface area contributed by atoms with Crippen molar-refractivity contribution in [3.05, 3.63) is 77.6 Å². The van der Waals surface area contributed by atoms with Crippen LogP contribution in [0.3, 0.4) is 0 Å². The van der Waals surface area contributed by atoms with Crippen molar-refractivity contribution in [3.63, 3.8) is 0 Å². The number of anilines is 2. The third-order valence-electron chi connectivity index (χ3n) is 3.95. The Hall–Kier alpha value is -2.82. The molecule has 30 heavy (non-hydrogen) atoms. The molecule has 0 aromatic heterocycles. The van der Waals surface area contributed by atoms with Gasteiger partial charge in [-0.05, 0) is 54.6 Å². The van der Waals surface area contributed by atoms with Crippen LogP contribution in [0.15, 0.2) is 76.5 Å². The average Bonchev–Trinajstić information content (AvgIpc) is 2.69. The lowest BCUT2D eigenvalue weighted by atomic mass is 10.3. The lowest BCUT2D eigenvalue weighted by molar-refractivity contribution is 0.417. The molecule has 0 aliphatic heterocycles. The van der Waals surface area contributed by atoms with Crippen molar-refractivity contribution in [3.8, 4) is 5.75 Å². The molecule has 0 saturated heterocycles. The van der Waals surface area contributed by atoms with Gasteiger partial charge in [-0.25, -0.2) is 21.2 Å². The maximum absolute atomic E-state index is 13.1. The molecule has 0 aliphatic carbocycles. The highest BCUT2D eigenvalue weighted by molar-refractivity contribution is 7.93. The number of para-hydroxylation sites is 2. The Morgan fingerprint density at radius 1 is 0.867 bits per heavy atom. The highest BCUT2D eigenvalue weighted by Crippen LogP contribution is 2.31. The van der Waals surface area contributed by atoms with Crippen LogP contribution in [0.1, 0.15) is 0 Å². The predicted octanol–water partition coefficient (Wildman–Crippen LogP) is 4.09. The van der Waals surface area contributed by atoms with Crippen molar-refractivity contribution in [2.24, 2.45) is 0 Å². The minimum Gasteiger partial charge on any atom is -0.495 e. The molecule has 7 nitrogen and oxygen atoms in total. The summed E-state index contributed by atoms with van der Waals surface area (Å²) in [6.45, 7) is 0. The van der Waals surface area contributed by atoms with Gasteiger partial charge in [0.2, 0.25) is 0 Å². The Labute approximate surface area is 178 Å². The molecule has 3 aromatic carbocycles. The van der Waals surface area contributed by atoms with Gasteiger partial charge in [-0.2, -0.15) is 0 Å². The van der Waals surface area contributed by atoms with E-state index in [1.807, 2.05) is 0 Å². The summed E-state index contributed by atoms with van der Waals surface area (Å²) in [5, 5.41) is -0.109. The minimum absolute atomic E-state index is 0.0378. The van der Waals surface area contributed by atoms with Gasteiger partial charge in [0.15, 0.2) is 0 Å². The Kier molecular flexibility index (Phi) is 6.20. The quantitative estimate of drug-likeness (QED) is 0.541. The summed E-state index contributed by atoms with van der Waals surface area (Å²) < 4.78 is 73.5. The molecular weight excluding hydrogens is 455 g/mol. The van der Waals surface area contributed by atoms with Crippen LogP contribution in [0, 0.1) is 5.82 Å². The molecule has 0 bridgehead atoms. The molecule has 0 atom stereocenters. The Balaban J connectivity index is 1.94. The van der Waals surface area contributed by atoms with Gasteiger partial charge in [0.25, 0.3) is 20.0 Å². The minimum atomic E-state index is -4.17. The van der Waals surface area contributed by atoms with Crippen LogP contribution in [0.5, 0.6) is 5.75 Å². The smallest absolute Gasteiger partial charge is 0.263 e. The molecule has 0 heterocycles. The van der Waals surface area contributed by atoms with E-state index in [4.69, 9.17) is 16.3 Å². The zero-order valence-electron chi connectivity index (χ0n) is 15.5. The van der Waals surface area contributed by atoms with Crippen LogP contribution in [0.25, 0.3) is 0 Å². The summed E-state index contributed by atoms with van der Waals surface area (Å²) in [6, 6.07) is 14.2. The zero-order valence-corrected chi connectivity index (χ0v) is 17.9. The van der Waals surface area contributed by atoms with Crippen LogP contribution in [-0.2, 0) is 20.0 Å². The Morgan fingerprint density at radius 2 is 1.53 bits per heavy atom. The number of halogens is 2. The summed E-state index contributed by atoms with van der Waals surface area (Å²) in [7, 11) is -6.85. The second-order valence-corrected chi connectivity index (χ2v) is 9.75. The maximum atomic E-state index is 13.1. The second kappa shape index (κ2) is 8.50. The molecule has 158 valence electrons. The fourth-order valence-electron chi connectivity index (χ4n) is 2.53. The van der Waals surface area contributed by atoms with E-state index in [-0.39, 0.29) is 26.2 Å². The molecule has 0 amide bonds. The van der Waals surface area contributed by atoms with Crippen molar-refractivity contribution >= 4 is 43.0 Å². The number of benzene rings is 3. The SMILES string of the molecule is COc1ccccc1NS(=O)(=O)c1cc(NS(=O)(=O)c2ccc(F)cc2)ccc1Cl. The summed E-state index contributed by atoms with van der Waals surface area (Å²) in [5.41, 5.74) is 0.150. The zero-order chi connectivity index (χ0) is 21.9. The molecule has 11 heteroatoms. The summed E-state index contributed by atoms with van der Waals surface area (Å²) in [6.07, 6.45) is 0. The van der Waals surface area contributed by atoms with E-state index in [2.05, 4.69) is 9.44 Å². The van der Waals surface area contributed by atoms with Gasteiger partial charge < -0.3 is 4.74 Å². The van der Waals surface area contributed by atoms with E-state index in [9.17, 15) is 21.2 Å². The van der Waals surface area contributed by atoms with E-state index < -0.39 is 25.9 Å². The van der Waals surface area contributed by atoms with Crippen molar-refractivity contribution in [1.29, 1.82) is 0 Å². The number of hydrogen-bond donors (Lipinski definition) is 2. The molecule has 0 aliphatic rings. The maximum Gasteiger partial charge on any atom is 0.263 e. The molecular formula is C19H16ClFN2O5S2. The van der Waals surface area contributed by atoms with E-state index >= 15 is 0 Å². The predicted molar refractivity (Wildman–Crippen MR) is 112 cm³/mol. The highest BCUT2D eigenvalue weighted by atomic mass is 35.5. The molecule has 0 unspecified atom stereocenters. The van der Waals surface area contributed by atoms with Crippen LogP contribution in [0.2, 0.25) is 5.02 Å². The van der Waals surface area contributed by atoms with Crippen LogP contribution < -0.4 is 14.2 Å². The Morgan fingerprint density at radius 3 is 2.20 bits per heavy atom. The number of methoxy groups -OCH3 is 1. The third kappa shape index (κ3) is 4.84. The van der Waals surface area contributed by atoms with Gasteiger partial charge in [0, 0.05) is 0 Å². The topological polar surface area (TPSA) is 102 Å². The summed E-state index contributed by atoms with van der Waals surface area (Å²) in [5.74, 6) is -0.290. The highest BCUT2D eigenvalue weighted by Gasteiger charge is 2.22. The normalized spacial score (nSPS) is 11.7. The van der Waals surface area contributed by atoms with E-state index in [1.165, 1.54) is 25.3 Å². The molecule has 3 aromatic rings. The second-order valence-electron chi connectivity index (χ2n) is 6.01. The van der Waals surface area contributed by atoms with Crippen LogP contribution in [-0.4, -0.2) is 23.9 Å². The van der Waals surface area contributed by atoms with E-state index in [0.29, 0.717) is 5.75 Å². The van der Waals surface area contributed by atoms with E-state index in [0.717, 1.165) is 30.3 Å². The fourth-order valence-corrected chi connectivity index (χ4v) is 5.18. The van der Waals surface area contributed by atoms with Gasteiger partial charge in [-0.15, -0.1) is 0 Å². The van der Waals surface area contributed by atoms with Crippen molar-refractivity contribution < 1.29 is 26.0 Å². The number of nitrogens with one attached hydrogen (secondary N) is 2. The number of ether oxygens (including phenoxy) is 1. The molecule has 0 saturated carbocycles. The standard InChI is InChI=1S/C19H16ClFN2O5S2/c1-28-18-5-3-2-4-17(18)23-30(26,27)19-12-14(8-11-16(19)20)22-29(24,25)15-9-6-13(21)7-10-15/h2-12,22-23H,1H3.